The molecule has 1 aliphatic rings. The largest absolute Gasteiger partial charge is 0.378 e. The van der Waals surface area contributed by atoms with Crippen molar-refractivity contribution in [2.75, 3.05) is 31.6 Å². The van der Waals surface area contributed by atoms with Gasteiger partial charge in [0, 0.05) is 24.2 Å². The summed E-state index contributed by atoms with van der Waals surface area (Å²) >= 11 is 6.23. The Bertz CT molecular complexity index is 828. The molecule has 2 aromatic rings. The van der Waals surface area contributed by atoms with Gasteiger partial charge in [-0.2, -0.15) is 0 Å². The van der Waals surface area contributed by atoms with Gasteiger partial charge < -0.3 is 15.0 Å². The Labute approximate surface area is 164 Å². The number of morpholine rings is 1. The highest BCUT2D eigenvalue weighted by Crippen LogP contribution is 2.25. The van der Waals surface area contributed by atoms with E-state index in [4.69, 9.17) is 16.3 Å². The molecule has 6 heteroatoms. The molecular formula is C21H23ClN2O3. The maximum atomic E-state index is 12.6. The number of hydrogen-bond acceptors (Lipinski definition) is 3. The smallest absolute Gasteiger partial charge is 0.255 e. The van der Waals surface area contributed by atoms with Gasteiger partial charge in [0.25, 0.3) is 11.8 Å². The van der Waals surface area contributed by atoms with Crippen molar-refractivity contribution in [3.05, 3.63) is 64.2 Å². The van der Waals surface area contributed by atoms with Crippen LogP contribution in [0.1, 0.15) is 46.0 Å². The highest BCUT2D eigenvalue weighted by molar-refractivity contribution is 6.34. The van der Waals surface area contributed by atoms with Gasteiger partial charge in [-0.15, -0.1) is 0 Å². The molecule has 1 aliphatic heterocycles. The van der Waals surface area contributed by atoms with Gasteiger partial charge in [-0.25, -0.2) is 0 Å². The first kappa shape index (κ1) is 19.4. The Morgan fingerprint density at radius 2 is 1.67 bits per heavy atom. The molecule has 1 heterocycles. The third-order valence-electron chi connectivity index (χ3n) is 4.60. The monoisotopic (exact) mass is 386 g/mol. The molecule has 1 fully saturated rings. The summed E-state index contributed by atoms with van der Waals surface area (Å²) in [6.07, 6.45) is 0. The van der Waals surface area contributed by atoms with Crippen molar-refractivity contribution in [2.45, 2.75) is 19.8 Å². The number of ether oxygens (including phenoxy) is 1. The number of amides is 2. The lowest BCUT2D eigenvalue weighted by Gasteiger charge is -2.27. The minimum Gasteiger partial charge on any atom is -0.378 e. The van der Waals surface area contributed by atoms with Crippen LogP contribution in [0.15, 0.2) is 42.5 Å². The average molecular weight is 387 g/mol. The second-order valence-corrected chi connectivity index (χ2v) is 7.24. The lowest BCUT2D eigenvalue weighted by Crippen LogP contribution is -2.40. The number of nitrogens with one attached hydrogen (secondary N) is 1. The van der Waals surface area contributed by atoms with Crippen molar-refractivity contribution in [1.82, 2.24) is 4.90 Å². The molecule has 2 aromatic carbocycles. The third-order valence-corrected chi connectivity index (χ3v) is 4.93. The van der Waals surface area contributed by atoms with Gasteiger partial charge in [0.2, 0.25) is 0 Å². The molecule has 27 heavy (non-hydrogen) atoms. The number of hydrogen-bond donors (Lipinski definition) is 1. The van der Waals surface area contributed by atoms with E-state index in [-0.39, 0.29) is 11.8 Å². The predicted molar refractivity (Wildman–Crippen MR) is 107 cm³/mol. The normalized spacial score (nSPS) is 14.3. The lowest BCUT2D eigenvalue weighted by molar-refractivity contribution is 0.0303. The summed E-state index contributed by atoms with van der Waals surface area (Å²) in [6, 6.07) is 12.4. The van der Waals surface area contributed by atoms with Crippen LogP contribution in [-0.4, -0.2) is 43.0 Å². The highest BCUT2D eigenvalue weighted by Gasteiger charge is 2.20. The molecule has 5 nitrogen and oxygen atoms in total. The number of halogens is 1. The maximum absolute atomic E-state index is 12.6. The van der Waals surface area contributed by atoms with Crippen LogP contribution in [0.25, 0.3) is 0 Å². The fourth-order valence-electron chi connectivity index (χ4n) is 2.92. The van der Waals surface area contributed by atoms with Crippen molar-refractivity contribution >= 4 is 29.1 Å². The molecular weight excluding hydrogens is 364 g/mol. The van der Waals surface area contributed by atoms with Crippen LogP contribution >= 0.6 is 11.6 Å². The first-order valence-electron chi connectivity index (χ1n) is 9.03. The van der Waals surface area contributed by atoms with E-state index in [1.165, 1.54) is 5.56 Å². The number of anilines is 1. The third kappa shape index (κ3) is 4.67. The Kier molecular flexibility index (Phi) is 6.14. The summed E-state index contributed by atoms with van der Waals surface area (Å²) in [5, 5.41) is 3.20. The molecule has 142 valence electrons. The summed E-state index contributed by atoms with van der Waals surface area (Å²) in [4.78, 5) is 26.9. The Hall–Kier alpha value is -2.37. The summed E-state index contributed by atoms with van der Waals surface area (Å²) in [5.41, 5.74) is 2.63. The van der Waals surface area contributed by atoms with E-state index < -0.39 is 0 Å². The zero-order valence-electron chi connectivity index (χ0n) is 15.5. The first-order valence-corrected chi connectivity index (χ1v) is 9.41. The van der Waals surface area contributed by atoms with Crippen molar-refractivity contribution in [3.8, 4) is 0 Å². The number of nitrogens with zero attached hydrogens (tertiary/aromatic N) is 1. The van der Waals surface area contributed by atoms with Crippen LogP contribution in [0.5, 0.6) is 0 Å². The van der Waals surface area contributed by atoms with Crippen LogP contribution in [0, 0.1) is 0 Å². The Morgan fingerprint density at radius 3 is 2.30 bits per heavy atom. The molecule has 2 amide bonds. The number of rotatable bonds is 4. The van der Waals surface area contributed by atoms with E-state index in [0.717, 1.165) is 0 Å². The topological polar surface area (TPSA) is 58.6 Å². The van der Waals surface area contributed by atoms with E-state index in [2.05, 4.69) is 19.2 Å². The van der Waals surface area contributed by atoms with Gasteiger partial charge in [-0.05, 0) is 41.8 Å². The molecule has 1 saturated heterocycles. The van der Waals surface area contributed by atoms with E-state index in [9.17, 15) is 9.59 Å². The van der Waals surface area contributed by atoms with E-state index >= 15 is 0 Å². The van der Waals surface area contributed by atoms with Gasteiger partial charge in [-0.1, -0.05) is 37.6 Å². The standard InChI is InChI=1S/C21H23ClN2O3/c1-14(2)15-3-5-16(6-4-15)20(25)23-19-13-17(7-8-18(19)22)21(26)24-9-11-27-12-10-24/h3-8,13-14H,9-12H2,1-2H3,(H,23,25). The molecule has 1 N–H and O–H groups in total. The van der Waals surface area contributed by atoms with Gasteiger partial charge in [-0.3, -0.25) is 9.59 Å². The molecule has 0 aliphatic carbocycles. The lowest BCUT2D eigenvalue weighted by atomic mass is 10.0. The fraction of sp³-hybridized carbons (Fsp3) is 0.333. The number of benzene rings is 2. The van der Waals surface area contributed by atoms with Gasteiger partial charge in [0.1, 0.15) is 0 Å². The number of carbonyl (C=O) groups is 2. The molecule has 0 spiro atoms. The first-order chi connectivity index (χ1) is 13.0. The predicted octanol–water partition coefficient (Wildman–Crippen LogP) is 4.19. The van der Waals surface area contributed by atoms with Gasteiger partial charge in [0.15, 0.2) is 0 Å². The van der Waals surface area contributed by atoms with Crippen LogP contribution in [-0.2, 0) is 4.74 Å². The maximum Gasteiger partial charge on any atom is 0.255 e. The van der Waals surface area contributed by atoms with E-state index in [0.29, 0.717) is 54.1 Å². The van der Waals surface area contributed by atoms with Crippen LogP contribution in [0.2, 0.25) is 5.02 Å². The summed E-state index contributed by atoms with van der Waals surface area (Å²) in [7, 11) is 0. The molecule has 0 aromatic heterocycles. The zero-order valence-corrected chi connectivity index (χ0v) is 16.3. The summed E-state index contributed by atoms with van der Waals surface area (Å²) < 4.78 is 5.28. The summed E-state index contributed by atoms with van der Waals surface area (Å²) in [6.45, 7) is 6.40. The minimum atomic E-state index is -0.261. The summed E-state index contributed by atoms with van der Waals surface area (Å²) in [5.74, 6) is 0.0503. The van der Waals surface area contributed by atoms with Crippen molar-refractivity contribution < 1.29 is 14.3 Å². The van der Waals surface area contributed by atoms with E-state index in [1.807, 2.05) is 12.1 Å². The second kappa shape index (κ2) is 8.55. The molecule has 0 unspecified atom stereocenters. The minimum absolute atomic E-state index is 0.0910. The molecule has 0 atom stereocenters. The SMILES string of the molecule is CC(C)c1ccc(C(=O)Nc2cc(C(=O)N3CCOCC3)ccc2Cl)cc1. The number of carbonyl (C=O) groups excluding carboxylic acids is 2. The van der Waals surface area contributed by atoms with Crippen molar-refractivity contribution in [1.29, 1.82) is 0 Å². The Balaban J connectivity index is 1.75. The van der Waals surface area contributed by atoms with Crippen LogP contribution in [0.4, 0.5) is 5.69 Å². The zero-order chi connectivity index (χ0) is 19.4. The van der Waals surface area contributed by atoms with Crippen molar-refractivity contribution in [3.63, 3.8) is 0 Å². The molecule has 0 bridgehead atoms. The fourth-order valence-corrected chi connectivity index (χ4v) is 3.08. The Morgan fingerprint density at radius 1 is 1.04 bits per heavy atom. The second-order valence-electron chi connectivity index (χ2n) is 6.83. The highest BCUT2D eigenvalue weighted by atomic mass is 35.5. The van der Waals surface area contributed by atoms with Crippen molar-refractivity contribution in [2.24, 2.45) is 0 Å². The molecule has 0 saturated carbocycles. The molecule has 0 radical (unpaired) electrons. The van der Waals surface area contributed by atoms with Crippen LogP contribution in [0.3, 0.4) is 0 Å². The average Bonchev–Trinajstić information content (AvgIpc) is 2.69. The molecule has 3 rings (SSSR count). The van der Waals surface area contributed by atoms with Gasteiger partial charge in [0.05, 0.1) is 23.9 Å². The van der Waals surface area contributed by atoms with E-state index in [1.54, 1.807) is 35.2 Å². The van der Waals surface area contributed by atoms with Crippen LogP contribution < -0.4 is 5.32 Å². The van der Waals surface area contributed by atoms with Gasteiger partial charge >= 0.3 is 0 Å². The quantitative estimate of drug-likeness (QED) is 0.857.